The molecule has 1 fully saturated rings. The molecule has 0 aliphatic carbocycles. The van der Waals surface area contributed by atoms with Crippen LogP contribution in [0.15, 0.2) is 54.6 Å². The molecule has 3 rings (SSSR count). The molecule has 0 amide bonds. The molecular weight excluding hydrogens is 302 g/mol. The number of ether oxygens (including phenoxy) is 1. The average Bonchev–Trinajstić information content (AvgIpc) is 2.62. The van der Waals surface area contributed by atoms with Gasteiger partial charge < -0.3 is 14.9 Å². The van der Waals surface area contributed by atoms with E-state index in [0.717, 1.165) is 24.1 Å². The maximum absolute atomic E-state index is 11.2. The number of para-hydroxylation sites is 1. The Kier molecular flexibility index (Phi) is 5.19. The third-order valence-corrected chi connectivity index (χ3v) is 4.77. The Bertz CT molecular complexity index is 661. The summed E-state index contributed by atoms with van der Waals surface area (Å²) in [4.78, 5) is 2.13. The molecule has 24 heavy (non-hydrogen) atoms. The number of benzene rings is 2. The van der Waals surface area contributed by atoms with Crippen LogP contribution >= 0.6 is 0 Å². The summed E-state index contributed by atoms with van der Waals surface area (Å²) in [5.74, 6) is 0.713. The first-order valence-corrected chi connectivity index (χ1v) is 8.43. The van der Waals surface area contributed by atoms with Crippen LogP contribution in [0.5, 0.6) is 5.75 Å². The van der Waals surface area contributed by atoms with Gasteiger partial charge in [-0.3, -0.25) is 4.90 Å². The van der Waals surface area contributed by atoms with Crippen molar-refractivity contribution < 1.29 is 14.9 Å². The number of nitrogens with zero attached hydrogens (tertiary/aromatic N) is 1. The lowest BCUT2D eigenvalue weighted by molar-refractivity contribution is -0.0474. The highest BCUT2D eigenvalue weighted by atomic mass is 16.5. The minimum atomic E-state index is -0.943. The van der Waals surface area contributed by atoms with Gasteiger partial charge in [-0.2, -0.15) is 0 Å². The Labute approximate surface area is 143 Å². The van der Waals surface area contributed by atoms with Gasteiger partial charge in [0, 0.05) is 18.7 Å². The highest BCUT2D eigenvalue weighted by molar-refractivity contribution is 5.38. The lowest BCUT2D eigenvalue weighted by Gasteiger charge is -2.40. The summed E-state index contributed by atoms with van der Waals surface area (Å²) in [6, 6.07) is 17.3. The van der Waals surface area contributed by atoms with Crippen LogP contribution in [0.2, 0.25) is 0 Å². The predicted molar refractivity (Wildman–Crippen MR) is 94.0 cm³/mol. The van der Waals surface area contributed by atoms with E-state index in [1.165, 1.54) is 0 Å². The van der Waals surface area contributed by atoms with E-state index >= 15 is 0 Å². The summed E-state index contributed by atoms with van der Waals surface area (Å²) in [6.07, 6.45) is 1.03. The number of aliphatic hydroxyl groups excluding tert-OH is 1. The summed E-state index contributed by atoms with van der Waals surface area (Å²) >= 11 is 0. The van der Waals surface area contributed by atoms with Gasteiger partial charge in [-0.25, -0.2) is 0 Å². The largest absolute Gasteiger partial charge is 0.496 e. The van der Waals surface area contributed by atoms with E-state index in [1.807, 2.05) is 54.6 Å². The molecule has 0 bridgehead atoms. The first-order valence-electron chi connectivity index (χ1n) is 8.43. The van der Waals surface area contributed by atoms with Gasteiger partial charge in [0.15, 0.2) is 0 Å². The smallest absolute Gasteiger partial charge is 0.124 e. The van der Waals surface area contributed by atoms with Crippen molar-refractivity contribution in [2.45, 2.75) is 24.5 Å². The van der Waals surface area contributed by atoms with E-state index in [2.05, 4.69) is 4.90 Å². The normalized spacial score (nSPS) is 23.0. The van der Waals surface area contributed by atoms with Crippen LogP contribution in [0.4, 0.5) is 0 Å². The van der Waals surface area contributed by atoms with Crippen molar-refractivity contribution in [3.63, 3.8) is 0 Å². The molecule has 0 spiro atoms. The molecule has 0 unspecified atom stereocenters. The number of rotatable bonds is 5. The maximum Gasteiger partial charge on any atom is 0.124 e. The first-order chi connectivity index (χ1) is 11.6. The van der Waals surface area contributed by atoms with Gasteiger partial charge >= 0.3 is 0 Å². The van der Waals surface area contributed by atoms with Crippen molar-refractivity contribution in [2.24, 2.45) is 0 Å². The number of piperidine rings is 1. The third-order valence-electron chi connectivity index (χ3n) is 4.77. The lowest BCUT2D eigenvalue weighted by atomic mass is 9.85. The predicted octanol–water partition coefficient (Wildman–Crippen LogP) is 2.71. The quantitative estimate of drug-likeness (QED) is 0.887. The molecule has 4 nitrogen and oxygen atoms in total. The molecule has 0 saturated carbocycles. The van der Waals surface area contributed by atoms with Gasteiger partial charge in [0.2, 0.25) is 0 Å². The second kappa shape index (κ2) is 7.34. The van der Waals surface area contributed by atoms with Crippen LogP contribution in [0.1, 0.15) is 30.1 Å². The summed E-state index contributed by atoms with van der Waals surface area (Å²) < 4.78 is 5.42. The van der Waals surface area contributed by atoms with Crippen molar-refractivity contribution in [3.05, 3.63) is 65.7 Å². The van der Waals surface area contributed by atoms with Crippen LogP contribution < -0.4 is 4.74 Å². The second-order valence-electron chi connectivity index (χ2n) is 6.50. The van der Waals surface area contributed by atoms with Crippen molar-refractivity contribution in [1.29, 1.82) is 0 Å². The summed E-state index contributed by atoms with van der Waals surface area (Å²) in [6.45, 7) is 1.89. The van der Waals surface area contributed by atoms with E-state index < -0.39 is 11.7 Å². The molecule has 2 aromatic carbocycles. The van der Waals surface area contributed by atoms with E-state index in [0.29, 0.717) is 25.3 Å². The Morgan fingerprint density at radius 1 is 1.12 bits per heavy atom. The molecule has 2 aromatic rings. The standard InChI is InChI=1S/C20H25NO3/c1-24-19-11-6-5-10-17(19)20(23)12-7-13-21(15-20)14-18(22)16-8-3-2-4-9-16/h2-6,8-11,18,22-23H,7,12-15H2,1H3/t18-,20+/m1/s1. The molecule has 2 atom stereocenters. The SMILES string of the molecule is COc1ccccc1[C@]1(O)CCCN(C[C@@H](O)c2ccccc2)C1. The fraction of sp³-hybridized carbons (Fsp3) is 0.400. The van der Waals surface area contributed by atoms with Gasteiger partial charge in [0.1, 0.15) is 11.4 Å². The van der Waals surface area contributed by atoms with E-state index in [1.54, 1.807) is 7.11 Å². The van der Waals surface area contributed by atoms with Crippen LogP contribution in [-0.4, -0.2) is 41.9 Å². The Morgan fingerprint density at radius 2 is 1.83 bits per heavy atom. The van der Waals surface area contributed by atoms with E-state index in [9.17, 15) is 10.2 Å². The zero-order valence-corrected chi connectivity index (χ0v) is 14.1. The molecule has 0 aromatic heterocycles. The second-order valence-corrected chi connectivity index (χ2v) is 6.50. The lowest BCUT2D eigenvalue weighted by Crippen LogP contribution is -2.47. The highest BCUT2D eigenvalue weighted by Gasteiger charge is 2.37. The third kappa shape index (κ3) is 3.61. The van der Waals surface area contributed by atoms with E-state index in [4.69, 9.17) is 4.74 Å². The van der Waals surface area contributed by atoms with Crippen LogP contribution in [-0.2, 0) is 5.60 Å². The molecule has 0 radical (unpaired) electrons. The topological polar surface area (TPSA) is 52.9 Å². The van der Waals surface area contributed by atoms with E-state index in [-0.39, 0.29) is 0 Å². The van der Waals surface area contributed by atoms with Gasteiger partial charge in [-0.05, 0) is 31.0 Å². The first kappa shape index (κ1) is 17.0. The van der Waals surface area contributed by atoms with Crippen molar-refractivity contribution in [1.82, 2.24) is 4.90 Å². The molecule has 1 saturated heterocycles. The minimum Gasteiger partial charge on any atom is -0.496 e. The van der Waals surface area contributed by atoms with Crippen LogP contribution in [0, 0.1) is 0 Å². The number of likely N-dealkylation sites (tertiary alicyclic amines) is 1. The highest BCUT2D eigenvalue weighted by Crippen LogP contribution is 2.37. The number of methoxy groups -OCH3 is 1. The van der Waals surface area contributed by atoms with Crippen molar-refractivity contribution in [3.8, 4) is 5.75 Å². The maximum atomic E-state index is 11.2. The van der Waals surface area contributed by atoms with Gasteiger partial charge in [-0.15, -0.1) is 0 Å². The molecule has 1 aliphatic heterocycles. The summed E-state index contributed by atoms with van der Waals surface area (Å²) in [5.41, 5.74) is 0.789. The number of aliphatic hydroxyl groups is 2. The summed E-state index contributed by atoms with van der Waals surface area (Å²) in [5, 5.41) is 21.7. The fourth-order valence-electron chi connectivity index (χ4n) is 3.55. The Balaban J connectivity index is 1.74. The molecule has 2 N–H and O–H groups in total. The number of hydrogen-bond acceptors (Lipinski definition) is 4. The monoisotopic (exact) mass is 327 g/mol. The number of hydrogen-bond donors (Lipinski definition) is 2. The summed E-state index contributed by atoms with van der Waals surface area (Å²) in [7, 11) is 1.63. The Morgan fingerprint density at radius 3 is 2.58 bits per heavy atom. The van der Waals surface area contributed by atoms with Gasteiger partial charge in [0.25, 0.3) is 0 Å². The zero-order valence-electron chi connectivity index (χ0n) is 14.1. The van der Waals surface area contributed by atoms with Gasteiger partial charge in [0.05, 0.1) is 13.2 Å². The van der Waals surface area contributed by atoms with Crippen molar-refractivity contribution in [2.75, 3.05) is 26.7 Å². The molecular formula is C20H25NO3. The molecule has 128 valence electrons. The van der Waals surface area contributed by atoms with Crippen LogP contribution in [0.3, 0.4) is 0 Å². The van der Waals surface area contributed by atoms with Crippen LogP contribution in [0.25, 0.3) is 0 Å². The fourth-order valence-corrected chi connectivity index (χ4v) is 3.55. The molecule has 1 aliphatic rings. The van der Waals surface area contributed by atoms with Gasteiger partial charge in [-0.1, -0.05) is 48.5 Å². The zero-order chi connectivity index (χ0) is 17.0. The molecule has 1 heterocycles. The average molecular weight is 327 g/mol. The minimum absolute atomic E-state index is 0.497. The number of β-amino-alcohol motifs (C(OH)–C–C–N with tert-alkyl or cyclic N) is 2. The molecule has 4 heteroatoms. The Hall–Kier alpha value is -1.88. The van der Waals surface area contributed by atoms with Crippen molar-refractivity contribution >= 4 is 0 Å².